The van der Waals surface area contributed by atoms with Crippen LogP contribution in [-0.2, 0) is 21.7 Å². The molecule has 0 bridgehead atoms. The second-order valence-corrected chi connectivity index (χ2v) is 42.6. The SMILES string of the molecule is [2H]C([2H])([2H])c1cc(-c2cccc3sc4ccccc4c23)c(N2c3ccc(-c4cc(-c5ccccc5)cc(C(C)(C)C)c4)cc3B3c4ccc(-c5cccc(C(C)(C)C)c5)cc4N(c4c(-c5cccc6oc7ccccc7c56)cc(C(C)(C)C)cc4-c4cccc5oc6ccccc6c45)c4cc(-c5cc(-c6ccccc6)cc(C(C)(C)C)c5)cc2c43)c(-c2cccc3sc4ccccc4c23)c1. The molecule has 0 atom stereocenters. The van der Waals surface area contributed by atoms with Crippen molar-refractivity contribution in [3.05, 3.63) is 392 Å². The van der Waals surface area contributed by atoms with E-state index in [0.717, 1.165) is 240 Å². The van der Waals surface area contributed by atoms with Crippen molar-refractivity contribution >= 4 is 164 Å². The van der Waals surface area contributed by atoms with Crippen molar-refractivity contribution in [1.29, 1.82) is 0 Å². The Kier molecular flexibility index (Phi) is 17.9. The molecule has 2 aliphatic rings. The first kappa shape index (κ1) is 77.6. The highest BCUT2D eigenvalue weighted by Gasteiger charge is 2.47. The number of thiophene rings is 2. The molecule has 18 aromatic carbocycles. The van der Waals surface area contributed by atoms with Gasteiger partial charge < -0.3 is 18.6 Å². The fraction of sp³-hybridized carbons (Fsp3) is 0.136. The maximum absolute atomic E-state index is 9.99. The summed E-state index contributed by atoms with van der Waals surface area (Å²) < 4.78 is 48.7. The molecule has 4 nitrogen and oxygen atoms in total. The van der Waals surface area contributed by atoms with E-state index >= 15 is 0 Å². The van der Waals surface area contributed by atoms with Crippen LogP contribution in [0.15, 0.2) is 373 Å². The first-order valence-corrected chi connectivity index (χ1v) is 47.8. The van der Waals surface area contributed by atoms with Gasteiger partial charge in [0.25, 0.3) is 6.71 Å². The second-order valence-electron chi connectivity index (χ2n) is 40.4. The molecule has 0 saturated heterocycles. The molecule has 0 radical (unpaired) electrons. The molecule has 636 valence electrons. The Labute approximate surface area is 784 Å². The Bertz CT molecular complexity index is 8410. The zero-order valence-electron chi connectivity index (χ0n) is 79.2. The molecule has 22 aromatic rings. The zero-order valence-corrected chi connectivity index (χ0v) is 77.9. The Balaban J connectivity index is 0.939. The first-order valence-electron chi connectivity index (χ1n) is 47.7. The largest absolute Gasteiger partial charge is 0.456 e. The van der Waals surface area contributed by atoms with Crippen molar-refractivity contribution < 1.29 is 12.9 Å². The molecule has 0 fully saturated rings. The van der Waals surface area contributed by atoms with E-state index in [9.17, 15) is 4.11 Å². The fourth-order valence-corrected chi connectivity index (χ4v) is 23.5. The maximum atomic E-state index is 9.99. The van der Waals surface area contributed by atoms with Crippen LogP contribution >= 0.6 is 22.7 Å². The van der Waals surface area contributed by atoms with Gasteiger partial charge in [0, 0.05) is 111 Å². The molecule has 0 aliphatic carbocycles. The van der Waals surface area contributed by atoms with Gasteiger partial charge in [-0.15, -0.1) is 22.7 Å². The third-order valence-electron chi connectivity index (χ3n) is 27.9. The third-order valence-corrected chi connectivity index (χ3v) is 30.2. The van der Waals surface area contributed by atoms with Gasteiger partial charge in [-0.1, -0.05) is 338 Å². The summed E-state index contributed by atoms with van der Waals surface area (Å²) in [6.45, 7) is 24.9. The number of para-hydroxylation sites is 2. The van der Waals surface area contributed by atoms with Gasteiger partial charge in [0.15, 0.2) is 0 Å². The Morgan fingerprint density at radius 2 is 0.598 bits per heavy atom. The summed E-state index contributed by atoms with van der Waals surface area (Å²) in [6, 6.07) is 136. The van der Waals surface area contributed by atoms with Crippen LogP contribution in [0.25, 0.3) is 184 Å². The van der Waals surface area contributed by atoms with Crippen molar-refractivity contribution in [2.45, 2.75) is 112 Å². The summed E-state index contributed by atoms with van der Waals surface area (Å²) in [4.78, 5) is 5.36. The van der Waals surface area contributed by atoms with Gasteiger partial charge in [0.1, 0.15) is 22.3 Å². The summed E-state index contributed by atoms with van der Waals surface area (Å²) in [5, 5.41) is 8.42. The van der Waals surface area contributed by atoms with Crippen LogP contribution in [0.1, 0.15) is 115 Å². The number of hydrogen-bond acceptors (Lipinski definition) is 6. The molecule has 6 heterocycles. The lowest BCUT2D eigenvalue weighted by molar-refractivity contribution is 0.590. The molecule has 24 rings (SSSR count). The number of anilines is 6. The summed E-state index contributed by atoms with van der Waals surface area (Å²) in [5.41, 5.74) is 34.5. The number of aryl methyl sites for hydroxylation is 1. The van der Waals surface area contributed by atoms with Crippen molar-refractivity contribution in [2.75, 3.05) is 9.80 Å². The van der Waals surface area contributed by atoms with Crippen molar-refractivity contribution in [1.82, 2.24) is 0 Å². The van der Waals surface area contributed by atoms with E-state index in [1.54, 1.807) is 22.7 Å². The number of fused-ring (bicyclic) bond motifs is 16. The van der Waals surface area contributed by atoms with Gasteiger partial charge >= 0.3 is 0 Å². The van der Waals surface area contributed by atoms with Gasteiger partial charge in [-0.3, -0.25) is 0 Å². The highest BCUT2D eigenvalue weighted by Crippen LogP contribution is 2.59. The highest BCUT2D eigenvalue weighted by atomic mass is 32.1. The monoisotopic (exact) mass is 1740 g/mol. The fourth-order valence-electron chi connectivity index (χ4n) is 21.2. The van der Waals surface area contributed by atoms with E-state index in [1.165, 1.54) is 16.7 Å². The van der Waals surface area contributed by atoms with Crippen LogP contribution in [0.5, 0.6) is 0 Å². The van der Waals surface area contributed by atoms with Crippen LogP contribution in [0.3, 0.4) is 0 Å². The number of furan rings is 2. The van der Waals surface area contributed by atoms with Crippen LogP contribution < -0.4 is 26.2 Å². The number of nitrogens with zero attached hydrogens (tertiary/aromatic N) is 2. The molecule has 0 saturated carbocycles. The van der Waals surface area contributed by atoms with Crippen molar-refractivity contribution in [3.8, 4) is 100 Å². The Morgan fingerprint density at radius 3 is 1.10 bits per heavy atom. The summed E-state index contributed by atoms with van der Waals surface area (Å²) >= 11 is 3.55. The minimum atomic E-state index is -2.58. The Hall–Kier alpha value is -14.3. The smallest absolute Gasteiger partial charge is 0.252 e. The maximum Gasteiger partial charge on any atom is 0.252 e. The predicted octanol–water partition coefficient (Wildman–Crippen LogP) is 34.8. The van der Waals surface area contributed by atoms with Gasteiger partial charge in [0.05, 0.1) is 11.4 Å². The van der Waals surface area contributed by atoms with Crippen LogP contribution in [0.2, 0.25) is 0 Å². The average Bonchev–Trinajstić information content (AvgIpc) is 0.844. The second kappa shape index (κ2) is 30.4. The molecule has 4 aromatic heterocycles. The third kappa shape index (κ3) is 13.3. The van der Waals surface area contributed by atoms with Gasteiger partial charge in [-0.2, -0.15) is 0 Å². The highest BCUT2D eigenvalue weighted by molar-refractivity contribution is 7.26. The predicted molar refractivity (Wildman–Crippen MR) is 569 cm³/mol. The molecule has 7 heteroatoms. The lowest BCUT2D eigenvalue weighted by atomic mass is 9.33. The summed E-state index contributed by atoms with van der Waals surface area (Å²) in [7, 11) is 0. The molecule has 2 aliphatic heterocycles. The van der Waals surface area contributed by atoms with Crippen molar-refractivity contribution in [3.63, 3.8) is 0 Å². The number of benzene rings is 18. The molecular weight excluding hydrogens is 1640 g/mol. The lowest BCUT2D eigenvalue weighted by Gasteiger charge is -2.46. The molecule has 0 N–H and O–H groups in total. The van der Waals surface area contributed by atoms with Crippen molar-refractivity contribution in [2.24, 2.45) is 0 Å². The van der Waals surface area contributed by atoms with E-state index < -0.39 is 19.0 Å². The minimum Gasteiger partial charge on any atom is -0.456 e. The van der Waals surface area contributed by atoms with E-state index in [2.05, 4.69) is 445 Å². The van der Waals surface area contributed by atoms with E-state index in [1.807, 2.05) is 12.1 Å². The number of hydrogen-bond donors (Lipinski definition) is 0. The zero-order chi connectivity index (χ0) is 92.2. The first-order chi connectivity index (χ1) is 65.1. The molecular formula is C125H99BN2O2S2. The normalized spacial score (nSPS) is 13.4. The topological polar surface area (TPSA) is 32.8 Å². The molecule has 132 heavy (non-hydrogen) atoms. The van der Waals surface area contributed by atoms with Crippen LogP contribution in [0, 0.1) is 6.85 Å². The molecule has 0 amide bonds. The summed E-state index contributed by atoms with van der Waals surface area (Å²) in [5.74, 6) is 0. The van der Waals surface area contributed by atoms with Gasteiger partial charge in [-0.25, -0.2) is 0 Å². The van der Waals surface area contributed by atoms with E-state index in [0.29, 0.717) is 0 Å². The molecule has 0 spiro atoms. The molecule has 0 unspecified atom stereocenters. The average molecular weight is 1740 g/mol. The van der Waals surface area contributed by atoms with Crippen LogP contribution in [-0.4, -0.2) is 6.71 Å². The van der Waals surface area contributed by atoms with E-state index in [4.69, 9.17) is 8.83 Å². The Morgan fingerprint density at radius 1 is 0.242 bits per heavy atom. The minimum absolute atomic E-state index is 0.174. The quantitative estimate of drug-likeness (QED) is 0.121. The lowest BCUT2D eigenvalue weighted by Crippen LogP contribution is -2.61. The standard InChI is InChI=1S/C125H99BN2O2S2/c1-74-59-97(91-45-31-53-113-117(91)95-41-22-26-51-111(95)131-113)120(98(60-74)92-46-32-54-114-118(92)96-42-23-27-52-112(96)132-114)127-103-58-56-78(82-61-80(75-33-16-14-17-34-75)64-86(66-82)123(5,6)7)68-102(103)126-101-57-55-79(77-37-28-38-85(63-77)122(2,3)4)69-104(101)128(106-71-84(70-105(127)119(106)126)83-62-81(76-35-18-15-19-36-76)65-87(67-83)124(8,9)10)121-99(89-43-29-49-109-115(89)93-39-20-24-47-107(93)129-109)72-88(125(11,12)13)73-100(121)90-44-30-50-110-116(90)94-40-21-25-48-108(94)130-110/h14-73H,1-13H3/i1D3. The van der Waals surface area contributed by atoms with Gasteiger partial charge in [-0.05, 0) is 260 Å². The van der Waals surface area contributed by atoms with Gasteiger partial charge in [0.2, 0.25) is 0 Å². The van der Waals surface area contributed by atoms with E-state index in [-0.39, 0.29) is 21.8 Å². The number of rotatable bonds is 11. The summed E-state index contributed by atoms with van der Waals surface area (Å²) in [6.07, 6.45) is 0. The van der Waals surface area contributed by atoms with Crippen LogP contribution in [0.4, 0.5) is 34.1 Å².